The van der Waals surface area contributed by atoms with Crippen molar-refractivity contribution in [3.63, 3.8) is 0 Å². The van der Waals surface area contributed by atoms with Crippen LogP contribution in [0.15, 0.2) is 54.6 Å². The van der Waals surface area contributed by atoms with Gasteiger partial charge < -0.3 is 0 Å². The van der Waals surface area contributed by atoms with Gasteiger partial charge in [0.25, 0.3) is 0 Å². The zero-order chi connectivity index (χ0) is 13.2. The van der Waals surface area contributed by atoms with E-state index in [1.54, 1.807) is 7.58 Å². The summed E-state index contributed by atoms with van der Waals surface area (Å²) in [6, 6.07) is 20.5. The van der Waals surface area contributed by atoms with E-state index in [0.29, 0.717) is 0 Å². The molecule has 94 valence electrons. The van der Waals surface area contributed by atoms with Crippen molar-refractivity contribution in [1.82, 2.24) is 0 Å². The molecule has 0 saturated carbocycles. The predicted octanol–water partition coefficient (Wildman–Crippen LogP) is 2.47. The summed E-state index contributed by atoms with van der Waals surface area (Å²) in [5, 5.41) is 0. The van der Waals surface area contributed by atoms with E-state index in [1.807, 2.05) is 0 Å². The third-order valence-electron chi connectivity index (χ3n) is 3.17. The minimum absolute atomic E-state index is 0.823. The van der Waals surface area contributed by atoms with Crippen LogP contribution < -0.4 is 12.0 Å². The standard InChI is InChI=1S/C13H12Se.3CH3.Pb/c1-14(12-8-4-2-5-9-12)13-10-6-3-7-11-13;;;;/h2,4-11H,1H3;3*1H3;/q+1;;;;. The Morgan fingerprint density at radius 1 is 0.722 bits per heavy atom. The fraction of sp³-hybridized carbons (Fsp3) is 0.250. The predicted molar refractivity (Wildman–Crippen MR) is 86.8 cm³/mol. The second-order valence-corrected chi connectivity index (χ2v) is 29.5. The van der Waals surface area contributed by atoms with Crippen LogP contribution in [0, 0.1) is 0 Å². The quantitative estimate of drug-likeness (QED) is 0.570. The molecule has 0 aliphatic rings. The van der Waals surface area contributed by atoms with Gasteiger partial charge in [-0.2, -0.15) is 0 Å². The first-order valence-electron chi connectivity index (χ1n) is 6.30. The van der Waals surface area contributed by atoms with Crippen LogP contribution in [-0.2, 0) is 0 Å². The topological polar surface area (TPSA) is 0 Å². The Labute approximate surface area is 120 Å². The molecule has 2 aromatic carbocycles. The van der Waals surface area contributed by atoms with Crippen molar-refractivity contribution in [2.75, 3.05) is 0 Å². The Morgan fingerprint density at radius 3 is 1.72 bits per heavy atom. The first-order valence-corrected chi connectivity index (χ1v) is 23.3. The van der Waals surface area contributed by atoms with E-state index >= 15 is 0 Å². The second-order valence-electron chi connectivity index (χ2n) is 5.60. The van der Waals surface area contributed by atoms with Crippen molar-refractivity contribution in [1.29, 1.82) is 0 Å². The van der Waals surface area contributed by atoms with Crippen molar-refractivity contribution < 1.29 is 0 Å². The average molecular weight is 500 g/mol. The molecule has 1 unspecified atom stereocenters. The van der Waals surface area contributed by atoms with Crippen LogP contribution in [0.4, 0.5) is 0 Å². The summed E-state index contributed by atoms with van der Waals surface area (Å²) in [6.07, 6.45) is 0. The molecule has 0 amide bonds. The van der Waals surface area contributed by atoms with Gasteiger partial charge in [-0.1, -0.05) is 0 Å². The van der Waals surface area contributed by atoms with Crippen LogP contribution in [0.2, 0.25) is 19.3 Å². The van der Waals surface area contributed by atoms with E-state index < -0.39 is 35.1 Å². The first-order chi connectivity index (χ1) is 8.48. The molecule has 0 spiro atoms. The first kappa shape index (κ1) is 14.3. The van der Waals surface area contributed by atoms with E-state index in [1.165, 1.54) is 4.46 Å². The molecule has 2 aromatic rings. The fourth-order valence-corrected chi connectivity index (χ4v) is 9.35. The van der Waals surface area contributed by atoms with Crippen molar-refractivity contribution in [3.8, 4) is 0 Å². The summed E-state index contributed by atoms with van der Waals surface area (Å²) < 4.78 is 12.2. The van der Waals surface area contributed by atoms with Gasteiger partial charge in [-0.25, -0.2) is 0 Å². The van der Waals surface area contributed by atoms with Gasteiger partial charge in [0.05, 0.1) is 0 Å². The Morgan fingerprint density at radius 2 is 1.22 bits per heavy atom. The molecule has 0 radical (unpaired) electrons. The van der Waals surface area contributed by atoms with E-state index in [-0.39, 0.29) is 0 Å². The molecule has 0 heterocycles. The molecular weight excluding hydrogens is 478 g/mol. The van der Waals surface area contributed by atoms with Gasteiger partial charge in [-0.3, -0.25) is 0 Å². The molecule has 0 bridgehead atoms. The molecule has 0 aliphatic carbocycles. The van der Waals surface area contributed by atoms with Crippen LogP contribution >= 0.6 is 0 Å². The van der Waals surface area contributed by atoms with Gasteiger partial charge in [-0.05, 0) is 0 Å². The molecule has 2 heteroatoms. The molecule has 18 heavy (non-hydrogen) atoms. The normalized spacial score (nSPS) is 13.3. The molecule has 0 saturated heterocycles. The van der Waals surface area contributed by atoms with Gasteiger partial charge in [-0.15, -0.1) is 0 Å². The third kappa shape index (κ3) is 3.46. The summed E-state index contributed by atoms with van der Waals surface area (Å²) >= 11 is -2.82. The molecule has 0 aliphatic heterocycles. The molecule has 0 aromatic heterocycles. The van der Waals surface area contributed by atoms with E-state index in [2.05, 4.69) is 73.9 Å². The van der Waals surface area contributed by atoms with Crippen molar-refractivity contribution in [2.45, 2.75) is 19.3 Å². The minimum atomic E-state index is -2.00. The van der Waals surface area contributed by atoms with Crippen LogP contribution in [0.3, 0.4) is 0 Å². The Bertz CT molecular complexity index is 497. The molecule has 2 rings (SSSR count). The monoisotopic (exact) mass is 501 g/mol. The molecular formula is C16H21PbSe+. The van der Waals surface area contributed by atoms with Crippen molar-refractivity contribution in [3.05, 3.63) is 54.6 Å². The maximum absolute atomic E-state index is 2.49. The molecule has 0 nitrogen and oxygen atoms in total. The summed E-state index contributed by atoms with van der Waals surface area (Å²) in [5.41, 5.74) is 0. The Balaban J connectivity index is 2.25. The maximum atomic E-state index is 2.49. The Hall–Kier alpha value is -0.118. The van der Waals surface area contributed by atoms with Gasteiger partial charge in [0.15, 0.2) is 0 Å². The number of rotatable bonds is 3. The van der Waals surface area contributed by atoms with Crippen LogP contribution in [0.25, 0.3) is 0 Å². The van der Waals surface area contributed by atoms with E-state index in [9.17, 15) is 0 Å². The number of benzene rings is 2. The zero-order valence-corrected chi connectivity index (χ0v) is 17.2. The zero-order valence-electron chi connectivity index (χ0n) is 11.6. The number of hydrogen-bond acceptors (Lipinski definition) is 0. The average Bonchev–Trinajstić information content (AvgIpc) is 2.38. The van der Waals surface area contributed by atoms with Crippen LogP contribution in [0.5, 0.6) is 0 Å². The summed E-state index contributed by atoms with van der Waals surface area (Å²) in [6.45, 7) is 0. The van der Waals surface area contributed by atoms with E-state index in [0.717, 1.165) is 0 Å². The molecule has 1 atom stereocenters. The van der Waals surface area contributed by atoms with Crippen LogP contribution in [-0.4, -0.2) is 35.1 Å². The molecule has 0 N–H and O–H groups in total. The summed E-state index contributed by atoms with van der Waals surface area (Å²) in [4.78, 5) is 0. The van der Waals surface area contributed by atoms with Gasteiger partial charge in [0.2, 0.25) is 0 Å². The van der Waals surface area contributed by atoms with E-state index in [4.69, 9.17) is 0 Å². The van der Waals surface area contributed by atoms with Crippen molar-refractivity contribution in [2.24, 2.45) is 0 Å². The fourth-order valence-electron chi connectivity index (χ4n) is 1.92. The van der Waals surface area contributed by atoms with Gasteiger partial charge in [0.1, 0.15) is 0 Å². The number of hydrogen-bond donors (Lipinski definition) is 0. The SMILES string of the molecule is C[Se+](c1ccccc1)c1cc[c]([Pb]([CH3])([CH3])[CH3])cc1. The van der Waals surface area contributed by atoms with Gasteiger partial charge >= 0.3 is 121 Å². The second kappa shape index (κ2) is 5.89. The van der Waals surface area contributed by atoms with Crippen LogP contribution in [0.1, 0.15) is 0 Å². The summed E-state index contributed by atoms with van der Waals surface area (Å²) in [5.74, 6) is 2.41. The summed E-state index contributed by atoms with van der Waals surface area (Å²) in [7, 11) is 0. The Kier molecular flexibility index (Phi) is 4.68. The van der Waals surface area contributed by atoms with Crippen molar-refractivity contribution >= 4 is 47.1 Å². The third-order valence-corrected chi connectivity index (χ3v) is 15.3. The van der Waals surface area contributed by atoms with Gasteiger partial charge in [0, 0.05) is 0 Å². The molecule has 0 fully saturated rings.